The summed E-state index contributed by atoms with van der Waals surface area (Å²) in [5.41, 5.74) is 2.22. The SMILES string of the molecule is C=C(C)/C(Cl)=C1/C=CN(C23CCC(CC2)CC3)C1=NC. The van der Waals surface area contributed by atoms with Gasteiger partial charge in [0.25, 0.3) is 0 Å². The minimum absolute atomic E-state index is 0.286. The zero-order valence-electron chi connectivity index (χ0n) is 12.5. The van der Waals surface area contributed by atoms with Gasteiger partial charge in [-0.15, -0.1) is 0 Å². The van der Waals surface area contributed by atoms with Crippen LogP contribution in [0.3, 0.4) is 0 Å². The topological polar surface area (TPSA) is 15.6 Å². The molecule has 0 saturated heterocycles. The lowest BCUT2D eigenvalue weighted by atomic mass is 9.65. The van der Waals surface area contributed by atoms with E-state index in [0.717, 1.165) is 27.9 Å². The molecule has 0 N–H and O–H groups in total. The van der Waals surface area contributed by atoms with Crippen molar-refractivity contribution in [1.29, 1.82) is 0 Å². The number of hydrogen-bond donors (Lipinski definition) is 0. The van der Waals surface area contributed by atoms with Crippen LogP contribution >= 0.6 is 11.6 Å². The number of aliphatic imine (C=N–C) groups is 1. The highest BCUT2D eigenvalue weighted by atomic mass is 35.5. The van der Waals surface area contributed by atoms with Crippen LogP contribution in [0.4, 0.5) is 0 Å². The van der Waals surface area contributed by atoms with Crippen molar-refractivity contribution in [3.05, 3.63) is 35.0 Å². The molecule has 1 heterocycles. The lowest BCUT2D eigenvalue weighted by Crippen LogP contribution is -2.53. The second-order valence-electron chi connectivity index (χ2n) is 6.45. The maximum Gasteiger partial charge on any atom is 0.136 e. The van der Waals surface area contributed by atoms with Crippen LogP contribution in [-0.2, 0) is 0 Å². The molecule has 0 radical (unpaired) electrons. The summed E-state index contributed by atoms with van der Waals surface area (Å²) < 4.78 is 0. The highest BCUT2D eigenvalue weighted by Crippen LogP contribution is 2.49. The molecule has 0 amide bonds. The zero-order chi connectivity index (χ0) is 14.3. The van der Waals surface area contributed by atoms with Gasteiger partial charge in [0.15, 0.2) is 0 Å². The summed E-state index contributed by atoms with van der Waals surface area (Å²) in [6, 6.07) is 0. The summed E-state index contributed by atoms with van der Waals surface area (Å²) in [5, 5.41) is 0.741. The highest BCUT2D eigenvalue weighted by Gasteiger charge is 2.46. The van der Waals surface area contributed by atoms with Crippen LogP contribution in [0.25, 0.3) is 0 Å². The van der Waals surface area contributed by atoms with Gasteiger partial charge in [-0.3, -0.25) is 4.99 Å². The number of fused-ring (bicyclic) bond motifs is 3. The molecule has 0 unspecified atom stereocenters. The molecule has 1 aliphatic heterocycles. The fourth-order valence-electron chi connectivity index (χ4n) is 4.02. The average molecular weight is 291 g/mol. The standard InChI is InChI=1S/C17H23ClN2/c1-12(2)15(18)14-7-11-20(16(14)19-3)17-8-4-13(5-9-17)6-10-17/h7,11,13H,1,4-6,8-10H2,2-3H3/b15-14+,19-16?. The molecule has 0 aromatic heterocycles. The molecular weight excluding hydrogens is 268 g/mol. The molecule has 3 heteroatoms. The van der Waals surface area contributed by atoms with E-state index in [1.807, 2.05) is 14.0 Å². The van der Waals surface area contributed by atoms with E-state index < -0.39 is 0 Å². The first kappa shape index (κ1) is 13.9. The van der Waals surface area contributed by atoms with Gasteiger partial charge in [-0.05, 0) is 63.0 Å². The van der Waals surface area contributed by atoms with Gasteiger partial charge in [0, 0.05) is 24.4 Å². The second kappa shape index (κ2) is 5.07. The minimum atomic E-state index is 0.286. The quantitative estimate of drug-likeness (QED) is 0.723. The maximum absolute atomic E-state index is 6.42. The van der Waals surface area contributed by atoms with E-state index in [9.17, 15) is 0 Å². The first-order valence-corrected chi connectivity index (χ1v) is 7.95. The van der Waals surface area contributed by atoms with Crippen LogP contribution in [0, 0.1) is 5.92 Å². The van der Waals surface area contributed by atoms with Crippen LogP contribution in [0.15, 0.2) is 40.0 Å². The number of nitrogens with zero attached hydrogens (tertiary/aromatic N) is 2. The molecule has 3 fully saturated rings. The normalized spacial score (nSPS) is 36.9. The van der Waals surface area contributed by atoms with E-state index in [0.29, 0.717) is 0 Å². The van der Waals surface area contributed by atoms with Crippen LogP contribution < -0.4 is 0 Å². The van der Waals surface area contributed by atoms with Crippen molar-refractivity contribution in [2.45, 2.75) is 51.0 Å². The highest BCUT2D eigenvalue weighted by molar-refractivity contribution is 6.35. The molecule has 4 rings (SSSR count). The molecule has 3 aliphatic carbocycles. The summed E-state index contributed by atoms with van der Waals surface area (Å²) in [6.45, 7) is 5.90. The summed E-state index contributed by atoms with van der Waals surface area (Å²) in [7, 11) is 1.86. The monoisotopic (exact) mass is 290 g/mol. The summed E-state index contributed by atoms with van der Waals surface area (Å²) in [5.74, 6) is 2.00. The van der Waals surface area contributed by atoms with Crippen molar-refractivity contribution in [2.75, 3.05) is 7.05 Å². The number of amidine groups is 1. The van der Waals surface area contributed by atoms with Gasteiger partial charge in [0.1, 0.15) is 5.84 Å². The van der Waals surface area contributed by atoms with Crippen molar-refractivity contribution < 1.29 is 0 Å². The van der Waals surface area contributed by atoms with Gasteiger partial charge >= 0.3 is 0 Å². The third-order valence-corrected chi connectivity index (χ3v) is 5.77. The zero-order valence-corrected chi connectivity index (χ0v) is 13.2. The van der Waals surface area contributed by atoms with Crippen LogP contribution in [0.5, 0.6) is 0 Å². The summed E-state index contributed by atoms with van der Waals surface area (Å²) >= 11 is 6.42. The third-order valence-electron chi connectivity index (χ3n) is 5.25. The van der Waals surface area contributed by atoms with Crippen LogP contribution in [0.1, 0.15) is 45.4 Å². The van der Waals surface area contributed by atoms with Gasteiger partial charge in [-0.2, -0.15) is 0 Å². The first-order chi connectivity index (χ1) is 9.57. The lowest BCUT2D eigenvalue weighted by Gasteiger charge is -2.51. The lowest BCUT2D eigenvalue weighted by molar-refractivity contribution is 0.0599. The van der Waals surface area contributed by atoms with Gasteiger partial charge < -0.3 is 4.90 Å². The second-order valence-corrected chi connectivity index (χ2v) is 6.83. The Balaban J connectivity index is 1.95. The van der Waals surface area contributed by atoms with Crippen molar-refractivity contribution in [3.8, 4) is 0 Å². The molecule has 3 saturated carbocycles. The van der Waals surface area contributed by atoms with Gasteiger partial charge in [-0.1, -0.05) is 18.2 Å². The molecule has 0 spiro atoms. The Morgan fingerprint density at radius 1 is 1.35 bits per heavy atom. The molecule has 20 heavy (non-hydrogen) atoms. The number of rotatable bonds is 2. The fraction of sp³-hybridized carbons (Fsp3) is 0.588. The Kier molecular flexibility index (Phi) is 3.53. The Labute approximate surface area is 126 Å². The summed E-state index contributed by atoms with van der Waals surface area (Å²) in [6.07, 6.45) is 12.3. The molecule has 108 valence electrons. The fourth-order valence-corrected chi connectivity index (χ4v) is 4.17. The average Bonchev–Trinajstić information content (AvgIpc) is 2.92. The number of hydrogen-bond acceptors (Lipinski definition) is 1. The van der Waals surface area contributed by atoms with E-state index in [2.05, 4.69) is 28.7 Å². The third kappa shape index (κ3) is 2.05. The smallest absolute Gasteiger partial charge is 0.136 e. The molecular formula is C17H23ClN2. The van der Waals surface area contributed by atoms with E-state index in [1.54, 1.807) is 0 Å². The Morgan fingerprint density at radius 2 is 1.95 bits per heavy atom. The predicted octanol–water partition coefficient (Wildman–Crippen LogP) is 4.64. The molecule has 0 atom stereocenters. The van der Waals surface area contributed by atoms with Crippen molar-refractivity contribution in [1.82, 2.24) is 4.90 Å². The maximum atomic E-state index is 6.42. The molecule has 2 bridgehead atoms. The van der Waals surface area contributed by atoms with Crippen molar-refractivity contribution in [3.63, 3.8) is 0 Å². The van der Waals surface area contributed by atoms with Crippen LogP contribution in [0.2, 0.25) is 0 Å². The Hall–Kier alpha value is -1.02. The Bertz CT molecular complexity index is 505. The number of halogens is 1. The molecule has 4 aliphatic rings. The van der Waals surface area contributed by atoms with E-state index in [4.69, 9.17) is 11.6 Å². The predicted molar refractivity (Wildman–Crippen MR) is 86.0 cm³/mol. The van der Waals surface area contributed by atoms with Crippen molar-refractivity contribution in [2.24, 2.45) is 10.9 Å². The van der Waals surface area contributed by atoms with Gasteiger partial charge in [0.05, 0.1) is 5.03 Å². The minimum Gasteiger partial charge on any atom is -0.327 e. The first-order valence-electron chi connectivity index (χ1n) is 7.58. The van der Waals surface area contributed by atoms with Crippen LogP contribution in [-0.4, -0.2) is 23.3 Å². The van der Waals surface area contributed by atoms with E-state index >= 15 is 0 Å². The molecule has 0 aromatic rings. The molecule has 2 nitrogen and oxygen atoms in total. The van der Waals surface area contributed by atoms with Crippen molar-refractivity contribution >= 4 is 17.4 Å². The van der Waals surface area contributed by atoms with Gasteiger partial charge in [-0.25, -0.2) is 0 Å². The molecule has 0 aromatic carbocycles. The van der Waals surface area contributed by atoms with E-state index in [1.165, 1.54) is 38.5 Å². The van der Waals surface area contributed by atoms with Gasteiger partial charge in [0.2, 0.25) is 0 Å². The van der Waals surface area contributed by atoms with E-state index in [-0.39, 0.29) is 5.54 Å². The summed E-state index contributed by atoms with van der Waals surface area (Å²) in [4.78, 5) is 6.94. The Morgan fingerprint density at radius 3 is 2.45 bits per heavy atom. The largest absolute Gasteiger partial charge is 0.327 e. The number of allylic oxidation sites excluding steroid dienone is 2.